The van der Waals surface area contributed by atoms with Gasteiger partial charge in [-0.15, -0.1) is 0 Å². The van der Waals surface area contributed by atoms with E-state index >= 15 is 0 Å². The Kier molecular flexibility index (Phi) is 4.67. The number of para-hydroxylation sites is 1. The van der Waals surface area contributed by atoms with E-state index in [0.717, 1.165) is 38.7 Å². The van der Waals surface area contributed by atoms with Crippen LogP contribution in [0.2, 0.25) is 17.3 Å². The minimum absolute atomic E-state index is 0.908. The molecular weight excluding hydrogens is 463 g/mol. The first-order valence-corrected chi connectivity index (χ1v) is 18.7. The van der Waals surface area contributed by atoms with E-state index in [1.807, 2.05) is 12.1 Å². The van der Waals surface area contributed by atoms with Crippen LogP contribution in [0.3, 0.4) is 0 Å². The summed E-state index contributed by atoms with van der Waals surface area (Å²) in [5.74, 6) is 7.32. The summed E-state index contributed by atoms with van der Waals surface area (Å²) in [6.07, 6.45) is 0. The predicted molar refractivity (Wildman–Crippen MR) is 143 cm³/mol. The van der Waals surface area contributed by atoms with Crippen molar-refractivity contribution in [3.8, 4) is 22.4 Å². The van der Waals surface area contributed by atoms with Gasteiger partial charge < -0.3 is 0 Å². The van der Waals surface area contributed by atoms with Gasteiger partial charge in [0.05, 0.1) is 0 Å². The van der Waals surface area contributed by atoms with Gasteiger partial charge in [0.15, 0.2) is 0 Å². The summed E-state index contributed by atoms with van der Waals surface area (Å²) < 4.78 is 7.54. The van der Waals surface area contributed by atoms with E-state index in [9.17, 15) is 0 Å². The van der Waals surface area contributed by atoms with Gasteiger partial charge >= 0.3 is 191 Å². The van der Waals surface area contributed by atoms with Crippen LogP contribution in [0.25, 0.3) is 55.2 Å². The molecule has 0 N–H and O–H groups in total. The fourth-order valence-electron chi connectivity index (χ4n) is 4.58. The molecule has 2 aromatic heterocycles. The average Bonchev–Trinajstić information content (AvgIpc) is 3.21. The number of nitrogens with zero attached hydrogens (tertiary/aromatic N) is 1. The van der Waals surface area contributed by atoms with Crippen molar-refractivity contribution in [3.05, 3.63) is 97.1 Å². The van der Waals surface area contributed by atoms with Crippen LogP contribution in [0, 0.1) is 0 Å². The third-order valence-corrected chi connectivity index (χ3v) is 10.7. The van der Waals surface area contributed by atoms with E-state index in [1.165, 1.54) is 20.9 Å². The molecule has 0 atom stereocenters. The van der Waals surface area contributed by atoms with Crippen LogP contribution < -0.4 is 4.40 Å². The van der Waals surface area contributed by atoms with Crippen LogP contribution in [-0.2, 0) is 0 Å². The van der Waals surface area contributed by atoms with Crippen molar-refractivity contribution in [2.45, 2.75) is 17.3 Å². The molecule has 0 aliphatic carbocycles. The molecule has 2 nitrogen and oxygen atoms in total. The monoisotopic (exact) mass is 489 g/mol. The molecule has 4 aromatic carbocycles. The quantitative estimate of drug-likeness (QED) is 0.236. The van der Waals surface area contributed by atoms with Gasteiger partial charge in [0.1, 0.15) is 0 Å². The maximum absolute atomic E-state index is 6.04. The Morgan fingerprint density at radius 2 is 1.36 bits per heavy atom. The molecule has 6 rings (SSSR count). The molecule has 33 heavy (non-hydrogen) atoms. The predicted octanol–water partition coefficient (Wildman–Crippen LogP) is 8.01. The zero-order chi connectivity index (χ0) is 22.6. The zero-order valence-corrected chi connectivity index (χ0v) is 21.2. The summed E-state index contributed by atoms with van der Waals surface area (Å²) in [7, 11) is 0. The Morgan fingerprint density at radius 1 is 0.606 bits per heavy atom. The van der Waals surface area contributed by atoms with Crippen LogP contribution in [0.1, 0.15) is 0 Å². The number of fused-ring (bicyclic) bond motifs is 4. The molecule has 0 bridgehead atoms. The Balaban J connectivity index is 1.61. The van der Waals surface area contributed by atoms with Gasteiger partial charge in [-0.3, -0.25) is 0 Å². The Hall–Kier alpha value is -3.37. The molecule has 0 saturated heterocycles. The molecule has 0 aliphatic rings. The van der Waals surface area contributed by atoms with Crippen LogP contribution >= 0.6 is 0 Å². The number of hydrogen-bond acceptors (Lipinski definition) is 2. The van der Waals surface area contributed by atoms with E-state index in [1.54, 1.807) is 0 Å². The summed E-state index contributed by atoms with van der Waals surface area (Å²) in [6.45, 7) is 0. The number of pyridine rings is 1. The third-order valence-electron chi connectivity index (χ3n) is 6.43. The topological polar surface area (TPSA) is 26.0 Å². The first kappa shape index (κ1) is 20.3. The Labute approximate surface area is 196 Å². The molecule has 0 unspecified atom stereocenters. The maximum atomic E-state index is 6.04. The van der Waals surface area contributed by atoms with Crippen molar-refractivity contribution in [2.75, 3.05) is 0 Å². The van der Waals surface area contributed by atoms with Gasteiger partial charge in [0, 0.05) is 0 Å². The van der Waals surface area contributed by atoms with Crippen molar-refractivity contribution in [1.82, 2.24) is 4.98 Å². The second-order valence-electron chi connectivity index (χ2n) is 9.71. The molecule has 0 aliphatic heterocycles. The van der Waals surface area contributed by atoms with Crippen molar-refractivity contribution < 1.29 is 4.42 Å². The second-order valence-corrected chi connectivity index (χ2v) is 20.4. The van der Waals surface area contributed by atoms with Gasteiger partial charge in [-0.1, -0.05) is 6.07 Å². The number of rotatable bonds is 3. The molecule has 0 spiro atoms. The van der Waals surface area contributed by atoms with E-state index < -0.39 is 13.3 Å². The fraction of sp³-hybridized carbons (Fsp3) is 0.100. The van der Waals surface area contributed by atoms with Crippen LogP contribution in [-0.4, -0.2) is 18.3 Å². The Bertz CT molecular complexity index is 1640. The SMILES string of the molecule is [CH3][Ge]([CH3])([CH3])[c]1ccc2nc(-c3ccc4oc5ccccc5c4c3)cc(-c3ccccc3)c2c1. The van der Waals surface area contributed by atoms with Crippen molar-refractivity contribution in [3.63, 3.8) is 0 Å². The van der Waals surface area contributed by atoms with E-state index in [2.05, 4.69) is 102 Å². The molecule has 0 amide bonds. The van der Waals surface area contributed by atoms with Crippen molar-refractivity contribution in [2.24, 2.45) is 0 Å². The first-order chi connectivity index (χ1) is 16.0. The van der Waals surface area contributed by atoms with Crippen molar-refractivity contribution in [1.29, 1.82) is 0 Å². The molecule has 6 aromatic rings. The van der Waals surface area contributed by atoms with E-state index in [0.29, 0.717) is 0 Å². The first-order valence-electron chi connectivity index (χ1n) is 11.4. The number of benzene rings is 4. The Morgan fingerprint density at radius 3 is 2.18 bits per heavy atom. The van der Waals surface area contributed by atoms with Gasteiger partial charge in [-0.05, 0) is 0 Å². The average molecular weight is 488 g/mol. The van der Waals surface area contributed by atoms with E-state index in [-0.39, 0.29) is 0 Å². The molecule has 0 fully saturated rings. The molecule has 2 heterocycles. The van der Waals surface area contributed by atoms with Gasteiger partial charge in [-0.25, -0.2) is 0 Å². The number of hydrogen-bond donors (Lipinski definition) is 0. The molecular formula is C30H25GeNO. The van der Waals surface area contributed by atoms with Crippen LogP contribution in [0.15, 0.2) is 101 Å². The summed E-state index contributed by atoms with van der Waals surface area (Å²) >= 11 is -1.97. The summed E-state index contributed by atoms with van der Waals surface area (Å²) in [4.78, 5) is 5.12. The van der Waals surface area contributed by atoms with Crippen LogP contribution in [0.4, 0.5) is 0 Å². The normalized spacial score (nSPS) is 12.1. The second kappa shape index (κ2) is 7.60. The van der Waals surface area contributed by atoms with Gasteiger partial charge in [-0.2, -0.15) is 0 Å². The fourth-order valence-corrected chi connectivity index (χ4v) is 7.02. The molecule has 0 saturated carbocycles. The standard InChI is InChI=1S/C30H25GeNO/c1-31(2,3)22-14-15-27-25(18-22)24(20-9-5-4-6-10-20)19-28(32-27)21-13-16-30-26(17-21)23-11-7-8-12-29(23)33-30/h4-19H,1-3H3. The summed E-state index contributed by atoms with van der Waals surface area (Å²) in [6, 6.07) is 34.4. The molecule has 0 radical (unpaired) electrons. The van der Waals surface area contributed by atoms with Gasteiger partial charge in [0.25, 0.3) is 0 Å². The van der Waals surface area contributed by atoms with Crippen LogP contribution in [0.5, 0.6) is 0 Å². The van der Waals surface area contributed by atoms with Gasteiger partial charge in [0.2, 0.25) is 0 Å². The van der Waals surface area contributed by atoms with E-state index in [4.69, 9.17) is 9.40 Å². The number of furan rings is 1. The molecule has 160 valence electrons. The van der Waals surface area contributed by atoms with Crippen molar-refractivity contribution >= 4 is 50.5 Å². The zero-order valence-electron chi connectivity index (χ0n) is 19.1. The number of aromatic nitrogens is 1. The molecule has 3 heteroatoms. The summed E-state index contributed by atoms with van der Waals surface area (Å²) in [5, 5.41) is 3.50. The third kappa shape index (κ3) is 3.55. The summed E-state index contributed by atoms with van der Waals surface area (Å²) in [5.41, 5.74) is 7.41. The minimum atomic E-state index is -1.97.